The van der Waals surface area contributed by atoms with Gasteiger partial charge >= 0.3 is 0 Å². The number of nitrogens with zero attached hydrogens (tertiary/aromatic N) is 2. The summed E-state index contributed by atoms with van der Waals surface area (Å²) in [6, 6.07) is 21.4. The van der Waals surface area contributed by atoms with Crippen LogP contribution in [0.3, 0.4) is 0 Å². The van der Waals surface area contributed by atoms with Crippen LogP contribution in [0.1, 0.15) is 16.8 Å². The van der Waals surface area contributed by atoms with Gasteiger partial charge in [0.05, 0.1) is 17.5 Å². The van der Waals surface area contributed by atoms with E-state index < -0.39 is 0 Å². The molecular weight excluding hydrogens is 454 g/mol. The number of oxazole rings is 1. The Labute approximate surface area is 206 Å². The molecule has 0 unspecified atom stereocenters. The first-order chi connectivity index (χ1) is 17.6. The molecule has 4 atom stereocenters. The standard InChI is InChI=1S/C29H21N3O4/c33-26(30-20-5-3-4-19(15-20)27-31-22-6-1-2-7-23(22)36-27)16-10-12-21(13-11-16)32-28(34)24-17-8-9-18(14-17)25(24)29(32)35/h1-13,15,17-18,24-25H,14H2,(H,30,33)/t17-,18+,24+,25-. The van der Waals surface area contributed by atoms with Crippen LogP contribution in [-0.4, -0.2) is 22.7 Å². The summed E-state index contributed by atoms with van der Waals surface area (Å²) in [5.41, 5.74) is 3.75. The van der Waals surface area contributed by atoms with Crippen molar-refractivity contribution in [1.82, 2.24) is 4.98 Å². The van der Waals surface area contributed by atoms with Gasteiger partial charge in [-0.25, -0.2) is 4.98 Å². The normalized spacial score (nSPS) is 24.1. The van der Waals surface area contributed by atoms with Crippen molar-refractivity contribution in [2.24, 2.45) is 23.7 Å². The summed E-state index contributed by atoms with van der Waals surface area (Å²) in [5, 5.41) is 2.90. The van der Waals surface area contributed by atoms with Gasteiger partial charge in [0.15, 0.2) is 5.58 Å². The summed E-state index contributed by atoms with van der Waals surface area (Å²) in [4.78, 5) is 44.8. The molecule has 3 aromatic carbocycles. The highest BCUT2D eigenvalue weighted by atomic mass is 16.3. The number of carbonyl (C=O) groups is 3. The quantitative estimate of drug-likeness (QED) is 0.329. The molecule has 7 nitrogen and oxygen atoms in total. The molecule has 2 bridgehead atoms. The maximum Gasteiger partial charge on any atom is 0.255 e. The van der Waals surface area contributed by atoms with Crippen LogP contribution < -0.4 is 10.2 Å². The van der Waals surface area contributed by atoms with Crippen LogP contribution in [0.15, 0.2) is 89.4 Å². The van der Waals surface area contributed by atoms with E-state index in [4.69, 9.17) is 4.42 Å². The van der Waals surface area contributed by atoms with Crippen LogP contribution in [0.25, 0.3) is 22.6 Å². The molecule has 0 spiro atoms. The largest absolute Gasteiger partial charge is 0.436 e. The molecule has 1 aromatic heterocycles. The average Bonchev–Trinajstić information content (AvgIpc) is 3.67. The Hall–Kier alpha value is -4.52. The molecule has 7 heteroatoms. The minimum Gasteiger partial charge on any atom is -0.436 e. The molecule has 1 N–H and O–H groups in total. The summed E-state index contributed by atoms with van der Waals surface area (Å²) in [7, 11) is 0. The van der Waals surface area contributed by atoms with Crippen molar-refractivity contribution in [2.75, 3.05) is 10.2 Å². The Morgan fingerprint density at radius 3 is 2.33 bits per heavy atom. The zero-order valence-electron chi connectivity index (χ0n) is 19.1. The fourth-order valence-electron chi connectivity index (χ4n) is 5.85. The summed E-state index contributed by atoms with van der Waals surface area (Å²) >= 11 is 0. The van der Waals surface area contributed by atoms with Gasteiger partial charge in [0, 0.05) is 16.8 Å². The predicted octanol–water partition coefficient (Wildman–Crippen LogP) is 5.06. The van der Waals surface area contributed by atoms with E-state index in [0.717, 1.165) is 17.5 Å². The first-order valence-electron chi connectivity index (χ1n) is 12.0. The second-order valence-corrected chi connectivity index (χ2v) is 9.58. The van der Waals surface area contributed by atoms with E-state index in [2.05, 4.69) is 22.5 Å². The molecule has 1 saturated carbocycles. The van der Waals surface area contributed by atoms with E-state index in [1.54, 1.807) is 36.4 Å². The molecule has 2 heterocycles. The molecule has 2 fully saturated rings. The fourth-order valence-corrected chi connectivity index (χ4v) is 5.85. The van der Waals surface area contributed by atoms with Crippen molar-refractivity contribution in [3.63, 3.8) is 0 Å². The number of aromatic nitrogens is 1. The molecule has 3 aliphatic rings. The highest BCUT2D eigenvalue weighted by Gasteiger charge is 2.59. The number of fused-ring (bicyclic) bond motifs is 6. The van der Waals surface area contributed by atoms with Crippen LogP contribution in [0.4, 0.5) is 11.4 Å². The third kappa shape index (κ3) is 3.12. The number of amides is 3. The van der Waals surface area contributed by atoms with Gasteiger partial charge in [-0.15, -0.1) is 0 Å². The number of hydrogen-bond acceptors (Lipinski definition) is 5. The molecule has 2 aliphatic carbocycles. The maximum absolute atomic E-state index is 13.0. The first kappa shape index (κ1) is 20.8. The predicted molar refractivity (Wildman–Crippen MR) is 134 cm³/mol. The average molecular weight is 476 g/mol. The smallest absolute Gasteiger partial charge is 0.255 e. The number of hydrogen-bond donors (Lipinski definition) is 1. The van der Waals surface area contributed by atoms with Gasteiger partial charge in [-0.2, -0.15) is 0 Å². The summed E-state index contributed by atoms with van der Waals surface area (Å²) in [6.07, 6.45) is 5.05. The van der Waals surface area contributed by atoms with Gasteiger partial charge in [-0.3, -0.25) is 19.3 Å². The van der Waals surface area contributed by atoms with E-state index in [9.17, 15) is 14.4 Å². The highest BCUT2D eigenvalue weighted by molar-refractivity contribution is 6.23. The maximum atomic E-state index is 13.0. The van der Waals surface area contributed by atoms with Gasteiger partial charge in [0.25, 0.3) is 5.91 Å². The Morgan fingerprint density at radius 2 is 1.61 bits per heavy atom. The van der Waals surface area contributed by atoms with Crippen LogP contribution >= 0.6 is 0 Å². The summed E-state index contributed by atoms with van der Waals surface area (Å²) in [6.45, 7) is 0. The fraction of sp³-hybridized carbons (Fsp3) is 0.172. The van der Waals surface area contributed by atoms with Crippen molar-refractivity contribution < 1.29 is 18.8 Å². The van der Waals surface area contributed by atoms with Crippen molar-refractivity contribution in [1.29, 1.82) is 0 Å². The Bertz CT molecular complexity index is 1520. The van der Waals surface area contributed by atoms with E-state index in [-0.39, 0.29) is 41.4 Å². The summed E-state index contributed by atoms with van der Waals surface area (Å²) < 4.78 is 5.83. The molecule has 1 saturated heterocycles. The topological polar surface area (TPSA) is 92.5 Å². The number of anilines is 2. The zero-order chi connectivity index (χ0) is 24.4. The van der Waals surface area contributed by atoms with Crippen LogP contribution in [0, 0.1) is 23.7 Å². The van der Waals surface area contributed by atoms with Gasteiger partial charge in [-0.1, -0.05) is 30.4 Å². The van der Waals surface area contributed by atoms with Crippen molar-refractivity contribution >= 4 is 40.2 Å². The number of carbonyl (C=O) groups excluding carboxylic acids is 3. The Balaban J connectivity index is 1.09. The van der Waals surface area contributed by atoms with Gasteiger partial charge in [-0.05, 0) is 72.9 Å². The number of allylic oxidation sites excluding steroid dienone is 2. The molecule has 0 radical (unpaired) electrons. The third-order valence-corrected chi connectivity index (χ3v) is 7.52. The molecule has 36 heavy (non-hydrogen) atoms. The molecule has 7 rings (SSSR count). The minimum atomic E-state index is -0.297. The highest BCUT2D eigenvalue weighted by Crippen LogP contribution is 2.53. The molecule has 4 aromatic rings. The lowest BCUT2D eigenvalue weighted by Gasteiger charge is -2.17. The van der Waals surface area contributed by atoms with Crippen molar-refractivity contribution in [3.05, 3.63) is 90.5 Å². The minimum absolute atomic E-state index is 0.130. The Kier molecular flexibility index (Phi) is 4.48. The molecular formula is C29H21N3O4. The monoisotopic (exact) mass is 475 g/mol. The third-order valence-electron chi connectivity index (χ3n) is 7.52. The van der Waals surface area contributed by atoms with Crippen LogP contribution in [-0.2, 0) is 9.59 Å². The zero-order valence-corrected chi connectivity index (χ0v) is 19.1. The van der Waals surface area contributed by atoms with Crippen LogP contribution in [0.5, 0.6) is 0 Å². The lowest BCUT2D eigenvalue weighted by molar-refractivity contribution is -0.123. The number of para-hydroxylation sites is 2. The number of nitrogens with one attached hydrogen (secondary N) is 1. The van der Waals surface area contributed by atoms with Gasteiger partial charge in [0.2, 0.25) is 17.7 Å². The van der Waals surface area contributed by atoms with E-state index >= 15 is 0 Å². The van der Waals surface area contributed by atoms with Crippen molar-refractivity contribution in [3.8, 4) is 11.5 Å². The first-order valence-corrected chi connectivity index (χ1v) is 12.0. The van der Waals surface area contributed by atoms with Crippen LogP contribution in [0.2, 0.25) is 0 Å². The van der Waals surface area contributed by atoms with E-state index in [1.165, 1.54) is 4.90 Å². The molecule has 3 amide bonds. The lowest BCUT2D eigenvalue weighted by Crippen LogP contribution is -2.32. The van der Waals surface area contributed by atoms with Crippen molar-refractivity contribution in [2.45, 2.75) is 6.42 Å². The molecule has 1 aliphatic heterocycles. The van der Waals surface area contributed by atoms with Gasteiger partial charge in [0.1, 0.15) is 5.52 Å². The number of imide groups is 1. The number of benzene rings is 3. The van der Waals surface area contributed by atoms with E-state index in [0.29, 0.717) is 28.4 Å². The summed E-state index contributed by atoms with van der Waals surface area (Å²) in [5.74, 6) is -0.244. The second kappa shape index (κ2) is 7.75. The van der Waals surface area contributed by atoms with E-state index in [1.807, 2.05) is 36.4 Å². The lowest BCUT2D eigenvalue weighted by atomic mass is 9.85. The van der Waals surface area contributed by atoms with Gasteiger partial charge < -0.3 is 9.73 Å². The Morgan fingerprint density at radius 1 is 0.889 bits per heavy atom. The SMILES string of the molecule is O=C(Nc1cccc(-c2nc3ccccc3o2)c1)c1ccc(N2C(=O)[C@@H]3[C@H](C2=O)[C@H]2C=C[C@@H]3C2)cc1. The molecule has 176 valence electrons. The second-order valence-electron chi connectivity index (χ2n) is 9.58. The number of rotatable bonds is 4.